The van der Waals surface area contributed by atoms with E-state index in [9.17, 15) is 0 Å². The first-order valence-corrected chi connectivity index (χ1v) is 25.8. The molecule has 384 valence electrons. The van der Waals surface area contributed by atoms with Gasteiger partial charge in [0.15, 0.2) is 0 Å². The Balaban J connectivity index is -0.000000596. The van der Waals surface area contributed by atoms with Gasteiger partial charge in [-0.05, 0) is 62.2 Å². The van der Waals surface area contributed by atoms with Crippen LogP contribution in [0.25, 0.3) is 0 Å². The van der Waals surface area contributed by atoms with Gasteiger partial charge in [-0.1, -0.05) is 135 Å². The molecule has 0 heterocycles. The molecule has 0 aromatic rings. The summed E-state index contributed by atoms with van der Waals surface area (Å²) in [5, 5.41) is 14.1. The highest BCUT2D eigenvalue weighted by atomic mass is 15.2. The molecule has 0 aromatic heterocycles. The van der Waals surface area contributed by atoms with Crippen molar-refractivity contribution in [3.63, 3.8) is 0 Å². The van der Waals surface area contributed by atoms with Crippen molar-refractivity contribution < 1.29 is 0 Å². The van der Waals surface area contributed by atoms with Crippen LogP contribution in [0.2, 0.25) is 0 Å². The third kappa shape index (κ3) is 56.7. The minimum Gasteiger partial charge on any atom is -0.390 e. The fourth-order valence-corrected chi connectivity index (χ4v) is 6.41. The molecule has 0 aliphatic heterocycles. The second-order valence-electron chi connectivity index (χ2n) is 18.8. The zero-order valence-corrected chi connectivity index (χ0v) is 45.4. The van der Waals surface area contributed by atoms with Crippen LogP contribution in [0.15, 0.2) is 25.1 Å². The Morgan fingerprint density at radius 3 is 1.32 bits per heavy atom. The molecular formula is C51H120N12. The van der Waals surface area contributed by atoms with Gasteiger partial charge in [-0.2, -0.15) is 0 Å². The van der Waals surface area contributed by atoms with Gasteiger partial charge in [0, 0.05) is 137 Å². The molecule has 0 aromatic carbocycles. The number of nitrogens with two attached hydrogens (primary N) is 4. The first-order chi connectivity index (χ1) is 30.0. The van der Waals surface area contributed by atoms with Crippen LogP contribution in [-0.2, 0) is 0 Å². The average Bonchev–Trinajstić information content (AvgIpc) is 3.24. The van der Waals surface area contributed by atoms with Crippen molar-refractivity contribution in [2.75, 3.05) is 144 Å². The first-order valence-electron chi connectivity index (χ1n) is 25.8. The van der Waals surface area contributed by atoms with E-state index in [0.717, 1.165) is 130 Å². The van der Waals surface area contributed by atoms with Gasteiger partial charge in [-0.15, -0.1) is 0 Å². The minimum absolute atomic E-state index is 0.382. The van der Waals surface area contributed by atoms with E-state index < -0.39 is 0 Å². The zero-order valence-electron chi connectivity index (χ0n) is 45.4. The third-order valence-corrected chi connectivity index (χ3v) is 10.8. The number of hydrogen-bond donors (Lipinski definition) is 8. The molecular weight excluding hydrogens is 781 g/mol. The Labute approximate surface area is 396 Å². The lowest BCUT2D eigenvalue weighted by Crippen LogP contribution is -2.45. The highest BCUT2D eigenvalue weighted by molar-refractivity contribution is 4.92. The molecule has 0 saturated heterocycles. The Morgan fingerprint density at radius 1 is 0.556 bits per heavy atom. The predicted octanol–water partition coefficient (Wildman–Crippen LogP) is 6.98. The zero-order chi connectivity index (χ0) is 49.2. The molecule has 0 aliphatic carbocycles. The van der Waals surface area contributed by atoms with E-state index in [-0.39, 0.29) is 0 Å². The molecule has 0 fully saturated rings. The maximum absolute atomic E-state index is 5.96. The van der Waals surface area contributed by atoms with Crippen molar-refractivity contribution in [2.24, 2.45) is 39.7 Å². The first kappa shape index (κ1) is 70.7. The van der Waals surface area contributed by atoms with E-state index in [0.29, 0.717) is 30.5 Å². The van der Waals surface area contributed by atoms with Crippen LogP contribution in [0, 0.1) is 16.7 Å². The largest absolute Gasteiger partial charge is 0.390 e. The van der Waals surface area contributed by atoms with Crippen molar-refractivity contribution in [3.05, 3.63) is 25.1 Å². The lowest BCUT2D eigenvalue weighted by Gasteiger charge is -2.28. The lowest BCUT2D eigenvalue weighted by atomic mass is 9.81. The molecule has 0 radical (unpaired) electrons. The highest BCUT2D eigenvalue weighted by Crippen LogP contribution is 2.31. The molecule has 0 spiro atoms. The van der Waals surface area contributed by atoms with Gasteiger partial charge in [0.05, 0.1) is 0 Å². The standard InChI is InChI=1S/C36H81N11.C8H18.2C3H8.CH5N/c1-8-40-17-27-47(33-32-46(25-16-39)29-20-42-19-28-45(23-14-37)24-15-38)30-21-41-18-26-44(9-2)31-22-43-35(5)11-13-36(6,7)12-10-34(3)4;1-5-7-8(3,4)6-2;2*1-3-2;1-2/h8,34,40-43H,1,5,9-33,37-39H2,2-4,6-7H3;5-7H2,1-4H3;2*3H2,1-2H3;2H2,1H3. The van der Waals surface area contributed by atoms with Crippen molar-refractivity contribution in [1.82, 2.24) is 40.9 Å². The summed E-state index contributed by atoms with van der Waals surface area (Å²) in [4.78, 5) is 9.84. The summed E-state index contributed by atoms with van der Waals surface area (Å²) in [6, 6.07) is 0. The van der Waals surface area contributed by atoms with E-state index in [1.54, 1.807) is 6.20 Å². The molecule has 0 saturated carbocycles. The molecule has 0 aliphatic rings. The molecule has 0 atom stereocenters. The van der Waals surface area contributed by atoms with E-state index in [1.807, 2.05) is 0 Å². The average molecular weight is 902 g/mol. The summed E-state index contributed by atoms with van der Waals surface area (Å²) >= 11 is 0. The summed E-state index contributed by atoms with van der Waals surface area (Å²) in [6.45, 7) is 57.1. The maximum Gasteiger partial charge on any atom is 0.0271 e. The Morgan fingerprint density at radius 2 is 0.952 bits per heavy atom. The predicted molar refractivity (Wildman–Crippen MR) is 288 cm³/mol. The van der Waals surface area contributed by atoms with Crippen molar-refractivity contribution in [3.8, 4) is 0 Å². The normalized spacial score (nSPS) is 11.3. The number of allylic oxidation sites excluding steroid dienone is 1. The van der Waals surface area contributed by atoms with Crippen molar-refractivity contribution in [1.29, 1.82) is 0 Å². The molecule has 63 heavy (non-hydrogen) atoms. The monoisotopic (exact) mass is 901 g/mol. The SMILES string of the molecule is C=CNCCN(CCNCCN(CC)CCNC(=C)CCC(C)(C)CCC(C)C)CCN(CCN)CCNCCN(CCN)CCN.CCC.CCC.CCCC(C)(C)CC.CN. The molecule has 12 N–H and O–H groups in total. The van der Waals surface area contributed by atoms with Crippen LogP contribution < -0.4 is 44.2 Å². The van der Waals surface area contributed by atoms with Gasteiger partial charge in [-0.25, -0.2) is 0 Å². The second kappa shape index (κ2) is 53.3. The van der Waals surface area contributed by atoms with Gasteiger partial charge >= 0.3 is 0 Å². The molecule has 0 bridgehead atoms. The van der Waals surface area contributed by atoms with Gasteiger partial charge in [0.2, 0.25) is 0 Å². The molecule has 0 unspecified atom stereocenters. The topological polar surface area (TPSA) is 165 Å². The molecule has 12 heteroatoms. The second-order valence-corrected chi connectivity index (χ2v) is 18.8. The number of hydrogen-bond acceptors (Lipinski definition) is 12. The fourth-order valence-electron chi connectivity index (χ4n) is 6.41. The maximum atomic E-state index is 5.96. The molecule has 0 rings (SSSR count). The van der Waals surface area contributed by atoms with Crippen molar-refractivity contribution >= 4 is 0 Å². The summed E-state index contributed by atoms with van der Waals surface area (Å²) in [7, 11) is 1.50. The Bertz CT molecular complexity index is 878. The molecule has 0 amide bonds. The van der Waals surface area contributed by atoms with E-state index in [2.05, 4.69) is 150 Å². The number of rotatable bonds is 39. The van der Waals surface area contributed by atoms with Gasteiger partial charge in [0.1, 0.15) is 0 Å². The lowest BCUT2D eigenvalue weighted by molar-refractivity contribution is 0.205. The van der Waals surface area contributed by atoms with Crippen LogP contribution in [-0.4, -0.2) is 164 Å². The molecule has 12 nitrogen and oxygen atoms in total. The Hall–Kier alpha value is -1.32. The summed E-state index contributed by atoms with van der Waals surface area (Å²) in [5.74, 6) is 0.774. The summed E-state index contributed by atoms with van der Waals surface area (Å²) < 4.78 is 0. The third-order valence-electron chi connectivity index (χ3n) is 10.8. The minimum atomic E-state index is 0.382. The quantitative estimate of drug-likeness (QED) is 0.0299. The fraction of sp³-hybridized carbons (Fsp3) is 0.922. The van der Waals surface area contributed by atoms with Gasteiger partial charge in [0.25, 0.3) is 0 Å². The summed E-state index contributed by atoms with van der Waals surface area (Å²) in [5.41, 5.74) is 24.1. The van der Waals surface area contributed by atoms with Crippen molar-refractivity contribution in [2.45, 2.75) is 148 Å². The van der Waals surface area contributed by atoms with Crippen LogP contribution in [0.3, 0.4) is 0 Å². The van der Waals surface area contributed by atoms with Crippen LogP contribution in [0.1, 0.15) is 148 Å². The number of likely N-dealkylation sites (N-methyl/N-ethyl adjacent to an activating group) is 1. The van der Waals surface area contributed by atoms with Gasteiger partial charge < -0.3 is 49.1 Å². The summed E-state index contributed by atoms with van der Waals surface area (Å²) in [6.07, 6.45) is 13.1. The van der Waals surface area contributed by atoms with E-state index >= 15 is 0 Å². The highest BCUT2D eigenvalue weighted by Gasteiger charge is 2.18. The van der Waals surface area contributed by atoms with Gasteiger partial charge in [-0.3, -0.25) is 14.7 Å². The van der Waals surface area contributed by atoms with E-state index in [4.69, 9.17) is 17.2 Å². The number of nitrogens with one attached hydrogen (secondary N) is 4. The number of nitrogens with zero attached hydrogens (tertiary/aromatic N) is 4. The van der Waals surface area contributed by atoms with Crippen LogP contribution in [0.4, 0.5) is 0 Å². The van der Waals surface area contributed by atoms with Crippen LogP contribution >= 0.6 is 0 Å². The smallest absolute Gasteiger partial charge is 0.0271 e. The Kier molecular flexibility index (Phi) is 59.8. The van der Waals surface area contributed by atoms with E-state index in [1.165, 1.54) is 64.1 Å². The van der Waals surface area contributed by atoms with Crippen LogP contribution in [0.5, 0.6) is 0 Å².